The van der Waals surface area contributed by atoms with Crippen molar-refractivity contribution in [3.8, 4) is 11.5 Å². The normalized spacial score (nSPS) is 21.3. The van der Waals surface area contributed by atoms with E-state index >= 15 is 0 Å². The van der Waals surface area contributed by atoms with Crippen LogP contribution >= 0.6 is 11.8 Å². The Hall–Kier alpha value is -1.40. The monoisotopic (exact) mass is 324 g/mol. The van der Waals surface area contributed by atoms with Crippen LogP contribution in [-0.2, 0) is 4.79 Å². The fourth-order valence-electron chi connectivity index (χ4n) is 2.59. The van der Waals surface area contributed by atoms with E-state index in [-0.39, 0.29) is 16.5 Å². The molecule has 0 aliphatic carbocycles. The number of nitrogens with zero attached hydrogens (tertiary/aromatic N) is 1. The lowest BCUT2D eigenvalue weighted by atomic mass is 10.1. The van der Waals surface area contributed by atoms with Gasteiger partial charge in [-0.3, -0.25) is 4.79 Å². The molecule has 2 rings (SSSR count). The maximum Gasteiger partial charge on any atom is 0.236 e. The van der Waals surface area contributed by atoms with Crippen molar-refractivity contribution in [1.29, 1.82) is 0 Å². The van der Waals surface area contributed by atoms with Gasteiger partial charge in [-0.25, -0.2) is 0 Å². The molecule has 1 aromatic rings. The van der Waals surface area contributed by atoms with Crippen LogP contribution in [0.25, 0.3) is 0 Å². The third kappa shape index (κ3) is 3.33. The van der Waals surface area contributed by atoms with Crippen molar-refractivity contribution in [3.05, 3.63) is 23.8 Å². The molecule has 1 aromatic carbocycles. The molecule has 2 atom stereocenters. The number of methoxy groups -OCH3 is 2. The molecule has 122 valence electrons. The van der Waals surface area contributed by atoms with Crippen molar-refractivity contribution in [1.82, 2.24) is 10.2 Å². The van der Waals surface area contributed by atoms with Gasteiger partial charge in [-0.05, 0) is 31.7 Å². The van der Waals surface area contributed by atoms with Gasteiger partial charge in [0, 0.05) is 18.7 Å². The van der Waals surface area contributed by atoms with Crippen LogP contribution in [0.2, 0.25) is 0 Å². The van der Waals surface area contributed by atoms with Gasteiger partial charge in [-0.1, -0.05) is 6.92 Å². The van der Waals surface area contributed by atoms with Crippen molar-refractivity contribution < 1.29 is 14.3 Å². The van der Waals surface area contributed by atoms with Crippen LogP contribution in [0.15, 0.2) is 18.2 Å². The SMILES string of the molecule is CC[C@H]1S[C@H](c2cc(OC)ccc2OC)N(CCNC)C1=O. The molecule has 1 N–H and O–H groups in total. The molecule has 0 radical (unpaired) electrons. The summed E-state index contributed by atoms with van der Waals surface area (Å²) >= 11 is 1.69. The fraction of sp³-hybridized carbons (Fsp3) is 0.562. The number of benzene rings is 1. The number of nitrogens with one attached hydrogen (secondary N) is 1. The third-order valence-electron chi connectivity index (χ3n) is 3.81. The molecule has 0 aromatic heterocycles. The lowest BCUT2D eigenvalue weighted by molar-refractivity contribution is -0.130. The van der Waals surface area contributed by atoms with Gasteiger partial charge in [0.2, 0.25) is 5.91 Å². The summed E-state index contributed by atoms with van der Waals surface area (Å²) in [6, 6.07) is 5.74. The summed E-state index contributed by atoms with van der Waals surface area (Å²) in [6.45, 7) is 3.51. The first-order chi connectivity index (χ1) is 10.7. The lowest BCUT2D eigenvalue weighted by Gasteiger charge is -2.25. The molecule has 1 amide bonds. The molecule has 1 heterocycles. The highest BCUT2D eigenvalue weighted by atomic mass is 32.2. The molecule has 1 aliphatic heterocycles. The van der Waals surface area contributed by atoms with Crippen LogP contribution < -0.4 is 14.8 Å². The van der Waals surface area contributed by atoms with E-state index in [2.05, 4.69) is 12.2 Å². The van der Waals surface area contributed by atoms with Crippen molar-refractivity contribution in [2.45, 2.75) is 24.0 Å². The summed E-state index contributed by atoms with van der Waals surface area (Å²) < 4.78 is 10.8. The average molecular weight is 324 g/mol. The number of carbonyl (C=O) groups excluding carboxylic acids is 1. The first-order valence-corrected chi connectivity index (χ1v) is 8.43. The molecule has 1 aliphatic rings. The van der Waals surface area contributed by atoms with Gasteiger partial charge in [-0.2, -0.15) is 0 Å². The van der Waals surface area contributed by atoms with Gasteiger partial charge in [-0.15, -0.1) is 11.8 Å². The fourth-order valence-corrected chi connectivity index (χ4v) is 4.03. The number of amides is 1. The van der Waals surface area contributed by atoms with Crippen LogP contribution in [0.5, 0.6) is 11.5 Å². The molecule has 0 spiro atoms. The Kier molecular flexibility index (Phi) is 5.97. The van der Waals surface area contributed by atoms with Gasteiger partial charge < -0.3 is 19.7 Å². The van der Waals surface area contributed by atoms with Crippen molar-refractivity contribution in [3.63, 3.8) is 0 Å². The zero-order valence-electron chi connectivity index (χ0n) is 13.6. The third-order valence-corrected chi connectivity index (χ3v) is 5.44. The second kappa shape index (κ2) is 7.74. The molecular formula is C16H24N2O3S. The van der Waals surface area contributed by atoms with Gasteiger partial charge >= 0.3 is 0 Å². The highest BCUT2D eigenvalue weighted by molar-refractivity contribution is 8.01. The minimum absolute atomic E-state index is 0.0118. The van der Waals surface area contributed by atoms with E-state index < -0.39 is 0 Å². The summed E-state index contributed by atoms with van der Waals surface area (Å²) in [4.78, 5) is 14.5. The Morgan fingerprint density at radius 2 is 2.09 bits per heavy atom. The summed E-state index contributed by atoms with van der Waals surface area (Å²) in [5, 5.41) is 3.09. The number of ether oxygens (including phenoxy) is 2. The minimum atomic E-state index is -0.0316. The summed E-state index contributed by atoms with van der Waals surface area (Å²) in [6.07, 6.45) is 0.836. The Bertz CT molecular complexity index is 524. The lowest BCUT2D eigenvalue weighted by Crippen LogP contribution is -2.36. The molecule has 1 saturated heterocycles. The van der Waals surface area contributed by atoms with E-state index in [4.69, 9.17) is 9.47 Å². The van der Waals surface area contributed by atoms with Crippen LogP contribution in [-0.4, -0.2) is 50.4 Å². The molecule has 0 saturated carbocycles. The molecule has 0 bridgehead atoms. The Labute approximate surface area is 136 Å². The van der Waals surface area contributed by atoms with E-state index in [1.807, 2.05) is 30.1 Å². The maximum absolute atomic E-state index is 12.6. The molecule has 6 heteroatoms. The smallest absolute Gasteiger partial charge is 0.236 e. The first kappa shape index (κ1) is 17.0. The summed E-state index contributed by atoms with van der Waals surface area (Å²) in [7, 11) is 5.19. The van der Waals surface area contributed by atoms with E-state index in [0.29, 0.717) is 6.54 Å². The maximum atomic E-state index is 12.6. The summed E-state index contributed by atoms with van der Waals surface area (Å²) in [5.41, 5.74) is 0.993. The second-order valence-corrected chi connectivity index (χ2v) is 6.42. The Morgan fingerprint density at radius 1 is 1.32 bits per heavy atom. The summed E-state index contributed by atoms with van der Waals surface area (Å²) in [5.74, 6) is 1.77. The quantitative estimate of drug-likeness (QED) is 0.834. The largest absolute Gasteiger partial charge is 0.497 e. The predicted molar refractivity (Wildman–Crippen MR) is 89.6 cm³/mol. The average Bonchev–Trinajstić information content (AvgIpc) is 2.88. The molecule has 5 nitrogen and oxygen atoms in total. The van der Waals surface area contributed by atoms with Gasteiger partial charge in [0.15, 0.2) is 0 Å². The number of hydrogen-bond acceptors (Lipinski definition) is 5. The highest BCUT2D eigenvalue weighted by Gasteiger charge is 2.40. The predicted octanol–water partition coefficient (Wildman–Crippen LogP) is 2.28. The van der Waals surface area contributed by atoms with E-state index in [1.165, 1.54) is 0 Å². The first-order valence-electron chi connectivity index (χ1n) is 7.48. The van der Waals surface area contributed by atoms with Crippen molar-refractivity contribution in [2.75, 3.05) is 34.4 Å². The zero-order chi connectivity index (χ0) is 16.1. The molecule has 0 unspecified atom stereocenters. The number of rotatable bonds is 7. The number of carbonyl (C=O) groups is 1. The minimum Gasteiger partial charge on any atom is -0.497 e. The van der Waals surface area contributed by atoms with Gasteiger partial charge in [0.25, 0.3) is 0 Å². The Morgan fingerprint density at radius 3 is 2.68 bits per heavy atom. The standard InChI is InChI=1S/C16H24N2O3S/c1-5-14-15(19)18(9-8-17-2)16(22-14)12-10-11(20-3)6-7-13(12)21-4/h6-7,10,14,16-17H,5,8-9H2,1-4H3/t14-,16-/m1/s1. The highest BCUT2D eigenvalue weighted by Crippen LogP contribution is 2.47. The van der Waals surface area contributed by atoms with Crippen molar-refractivity contribution >= 4 is 17.7 Å². The van der Waals surface area contributed by atoms with Crippen molar-refractivity contribution in [2.24, 2.45) is 0 Å². The second-order valence-electron chi connectivity index (χ2n) is 5.13. The van der Waals surface area contributed by atoms with Crippen LogP contribution in [0.1, 0.15) is 24.3 Å². The number of hydrogen-bond donors (Lipinski definition) is 1. The van der Waals surface area contributed by atoms with E-state index in [1.54, 1.807) is 26.0 Å². The van der Waals surface area contributed by atoms with E-state index in [9.17, 15) is 4.79 Å². The van der Waals surface area contributed by atoms with Crippen LogP contribution in [0, 0.1) is 0 Å². The number of thioether (sulfide) groups is 1. The Balaban J connectivity index is 2.37. The van der Waals surface area contributed by atoms with Crippen LogP contribution in [0.4, 0.5) is 0 Å². The molecule has 22 heavy (non-hydrogen) atoms. The topological polar surface area (TPSA) is 50.8 Å². The van der Waals surface area contributed by atoms with Gasteiger partial charge in [0.1, 0.15) is 16.9 Å². The molecule has 1 fully saturated rings. The van der Waals surface area contributed by atoms with Gasteiger partial charge in [0.05, 0.1) is 19.5 Å². The van der Waals surface area contributed by atoms with Crippen LogP contribution in [0.3, 0.4) is 0 Å². The zero-order valence-corrected chi connectivity index (χ0v) is 14.4. The molecular weight excluding hydrogens is 300 g/mol. The van der Waals surface area contributed by atoms with E-state index in [0.717, 1.165) is 30.0 Å². The number of likely N-dealkylation sites (N-methyl/N-ethyl adjacent to an activating group) is 1.